The average Bonchev–Trinajstić information content (AvgIpc) is 2.64. The Labute approximate surface area is 90.1 Å². The van der Waals surface area contributed by atoms with Crippen molar-refractivity contribution in [2.45, 2.75) is 42.8 Å². The molecule has 76 valence electrons. The molecule has 2 heteroatoms. The molecule has 0 unspecified atom stereocenters. The molecule has 1 aliphatic carbocycles. The lowest BCUT2D eigenvalue weighted by Gasteiger charge is -2.11. The second-order valence-electron chi connectivity index (χ2n) is 4.07. The van der Waals surface area contributed by atoms with Gasteiger partial charge in [-0.2, -0.15) is 0 Å². The van der Waals surface area contributed by atoms with E-state index in [4.69, 9.17) is 5.73 Å². The van der Waals surface area contributed by atoms with E-state index < -0.39 is 0 Å². The number of rotatable bonds is 2. The standard InChI is InChI=1S/C12H17NS/c1-9-6-7-11(13)12(8-9)14-10-4-2-3-5-10/h6-8,10H,2-5,13H2,1H3. The number of nitrogens with two attached hydrogens (primary N) is 1. The molecule has 1 fully saturated rings. The molecule has 1 nitrogen and oxygen atoms in total. The maximum atomic E-state index is 5.95. The van der Waals surface area contributed by atoms with Crippen molar-refractivity contribution in [1.82, 2.24) is 0 Å². The highest BCUT2D eigenvalue weighted by molar-refractivity contribution is 8.00. The van der Waals surface area contributed by atoms with Gasteiger partial charge in [-0.3, -0.25) is 0 Å². The molecule has 0 aromatic heterocycles. The number of benzene rings is 1. The van der Waals surface area contributed by atoms with Gasteiger partial charge in [0, 0.05) is 15.8 Å². The fraction of sp³-hybridized carbons (Fsp3) is 0.500. The van der Waals surface area contributed by atoms with Crippen LogP contribution in [0.1, 0.15) is 31.2 Å². The summed E-state index contributed by atoms with van der Waals surface area (Å²) in [5.41, 5.74) is 8.19. The van der Waals surface area contributed by atoms with Crippen LogP contribution in [0.15, 0.2) is 23.1 Å². The van der Waals surface area contributed by atoms with Crippen molar-refractivity contribution in [2.24, 2.45) is 0 Å². The van der Waals surface area contributed by atoms with E-state index in [0.717, 1.165) is 10.9 Å². The van der Waals surface area contributed by atoms with Gasteiger partial charge in [0.2, 0.25) is 0 Å². The van der Waals surface area contributed by atoms with Crippen LogP contribution in [-0.2, 0) is 0 Å². The summed E-state index contributed by atoms with van der Waals surface area (Å²) in [4.78, 5) is 1.27. The van der Waals surface area contributed by atoms with Crippen LogP contribution in [0.4, 0.5) is 5.69 Å². The number of hydrogen-bond donors (Lipinski definition) is 1. The number of anilines is 1. The van der Waals surface area contributed by atoms with Crippen molar-refractivity contribution in [3.05, 3.63) is 23.8 Å². The summed E-state index contributed by atoms with van der Waals surface area (Å²) in [6.07, 6.45) is 5.50. The Morgan fingerprint density at radius 3 is 2.71 bits per heavy atom. The van der Waals surface area contributed by atoms with Crippen molar-refractivity contribution in [2.75, 3.05) is 5.73 Å². The molecule has 2 N–H and O–H groups in total. The van der Waals surface area contributed by atoms with Crippen molar-refractivity contribution < 1.29 is 0 Å². The second-order valence-corrected chi connectivity index (χ2v) is 5.41. The molecule has 0 amide bonds. The van der Waals surface area contributed by atoms with Crippen LogP contribution >= 0.6 is 11.8 Å². The van der Waals surface area contributed by atoms with E-state index in [2.05, 4.69) is 19.1 Å². The maximum absolute atomic E-state index is 5.95. The smallest absolute Gasteiger partial charge is 0.0452 e. The van der Waals surface area contributed by atoms with Crippen molar-refractivity contribution in [3.8, 4) is 0 Å². The predicted octanol–water partition coefficient (Wildman–Crippen LogP) is 3.61. The predicted molar refractivity (Wildman–Crippen MR) is 63.7 cm³/mol. The van der Waals surface area contributed by atoms with Crippen LogP contribution in [0.5, 0.6) is 0 Å². The second kappa shape index (κ2) is 4.26. The Morgan fingerprint density at radius 2 is 2.00 bits per heavy atom. The van der Waals surface area contributed by atoms with Crippen LogP contribution < -0.4 is 5.73 Å². The molecule has 2 rings (SSSR count). The van der Waals surface area contributed by atoms with E-state index in [9.17, 15) is 0 Å². The Kier molecular flexibility index (Phi) is 3.02. The molecule has 0 spiro atoms. The van der Waals surface area contributed by atoms with Crippen LogP contribution in [-0.4, -0.2) is 5.25 Å². The molecule has 0 radical (unpaired) electrons. The van der Waals surface area contributed by atoms with Crippen LogP contribution in [0, 0.1) is 6.92 Å². The summed E-state index contributed by atoms with van der Waals surface area (Å²) in [6.45, 7) is 2.12. The summed E-state index contributed by atoms with van der Waals surface area (Å²) < 4.78 is 0. The minimum absolute atomic E-state index is 0.805. The number of thioether (sulfide) groups is 1. The van der Waals surface area contributed by atoms with Gasteiger partial charge in [-0.1, -0.05) is 18.9 Å². The first-order valence-electron chi connectivity index (χ1n) is 5.28. The van der Waals surface area contributed by atoms with Gasteiger partial charge in [0.25, 0.3) is 0 Å². The Bertz CT molecular complexity index is 316. The summed E-state index contributed by atoms with van der Waals surface area (Å²) in [7, 11) is 0. The third kappa shape index (κ3) is 2.24. The average molecular weight is 207 g/mol. The van der Waals surface area contributed by atoms with Gasteiger partial charge in [-0.15, -0.1) is 11.8 Å². The van der Waals surface area contributed by atoms with Crippen LogP contribution in [0.3, 0.4) is 0 Å². The highest BCUT2D eigenvalue weighted by Crippen LogP contribution is 2.37. The van der Waals surface area contributed by atoms with Crippen molar-refractivity contribution in [3.63, 3.8) is 0 Å². The van der Waals surface area contributed by atoms with Crippen LogP contribution in [0.25, 0.3) is 0 Å². The normalized spacial score (nSPS) is 17.5. The first-order chi connectivity index (χ1) is 6.75. The lowest BCUT2D eigenvalue weighted by atomic mass is 10.2. The summed E-state index contributed by atoms with van der Waals surface area (Å²) in [5.74, 6) is 0. The first-order valence-corrected chi connectivity index (χ1v) is 6.16. The minimum atomic E-state index is 0.805. The molecule has 14 heavy (non-hydrogen) atoms. The Hall–Kier alpha value is -0.630. The topological polar surface area (TPSA) is 26.0 Å². The van der Waals surface area contributed by atoms with Crippen molar-refractivity contribution in [1.29, 1.82) is 0 Å². The highest BCUT2D eigenvalue weighted by atomic mass is 32.2. The van der Waals surface area contributed by atoms with Gasteiger partial charge >= 0.3 is 0 Å². The largest absolute Gasteiger partial charge is 0.398 e. The summed E-state index contributed by atoms with van der Waals surface area (Å²) in [6, 6.07) is 6.30. The minimum Gasteiger partial charge on any atom is -0.398 e. The summed E-state index contributed by atoms with van der Waals surface area (Å²) >= 11 is 1.97. The van der Waals surface area contributed by atoms with E-state index in [-0.39, 0.29) is 0 Å². The molecule has 0 atom stereocenters. The molecule has 0 heterocycles. The zero-order valence-electron chi connectivity index (χ0n) is 8.62. The van der Waals surface area contributed by atoms with Gasteiger partial charge in [0.1, 0.15) is 0 Å². The van der Waals surface area contributed by atoms with Crippen LogP contribution in [0.2, 0.25) is 0 Å². The van der Waals surface area contributed by atoms with Gasteiger partial charge in [0.05, 0.1) is 0 Å². The first kappa shape index (κ1) is 9.91. The molecular weight excluding hydrogens is 190 g/mol. The fourth-order valence-corrected chi connectivity index (χ4v) is 3.32. The lowest BCUT2D eigenvalue weighted by molar-refractivity contribution is 0.886. The summed E-state index contributed by atoms with van der Waals surface area (Å²) in [5, 5.41) is 0.805. The third-order valence-corrected chi connectivity index (χ3v) is 4.18. The van der Waals surface area contributed by atoms with Gasteiger partial charge in [0.15, 0.2) is 0 Å². The van der Waals surface area contributed by atoms with E-state index in [1.165, 1.54) is 36.1 Å². The third-order valence-electron chi connectivity index (χ3n) is 2.76. The van der Waals surface area contributed by atoms with Gasteiger partial charge in [-0.25, -0.2) is 0 Å². The zero-order chi connectivity index (χ0) is 9.97. The van der Waals surface area contributed by atoms with E-state index in [1.54, 1.807) is 0 Å². The van der Waals surface area contributed by atoms with Crippen molar-refractivity contribution >= 4 is 17.4 Å². The molecule has 0 aliphatic heterocycles. The zero-order valence-corrected chi connectivity index (χ0v) is 9.44. The van der Waals surface area contributed by atoms with E-state index >= 15 is 0 Å². The molecule has 0 saturated heterocycles. The monoisotopic (exact) mass is 207 g/mol. The molecular formula is C12H17NS. The number of aryl methyl sites for hydroxylation is 1. The van der Waals surface area contributed by atoms with E-state index in [1.807, 2.05) is 17.8 Å². The highest BCUT2D eigenvalue weighted by Gasteiger charge is 2.16. The number of hydrogen-bond acceptors (Lipinski definition) is 2. The Balaban J connectivity index is 2.10. The SMILES string of the molecule is Cc1ccc(N)c(SC2CCCC2)c1. The fourth-order valence-electron chi connectivity index (χ4n) is 1.93. The van der Waals surface area contributed by atoms with Gasteiger partial charge < -0.3 is 5.73 Å². The van der Waals surface area contributed by atoms with E-state index in [0.29, 0.717) is 0 Å². The lowest BCUT2D eigenvalue weighted by Crippen LogP contribution is -1.96. The molecule has 1 aromatic carbocycles. The molecule has 1 saturated carbocycles. The molecule has 0 bridgehead atoms. The maximum Gasteiger partial charge on any atom is 0.0452 e. The number of nitrogen functional groups attached to an aromatic ring is 1. The molecule has 1 aliphatic rings. The quantitative estimate of drug-likeness (QED) is 0.750. The van der Waals surface area contributed by atoms with Gasteiger partial charge in [-0.05, 0) is 37.5 Å². The molecule has 1 aromatic rings. The Morgan fingerprint density at radius 1 is 1.29 bits per heavy atom.